The van der Waals surface area contributed by atoms with Gasteiger partial charge in [-0.2, -0.15) is 0 Å². The Morgan fingerprint density at radius 1 is 1.17 bits per heavy atom. The molecule has 0 saturated carbocycles. The second-order valence-corrected chi connectivity index (χ2v) is 8.99. The molecule has 0 aliphatic heterocycles. The van der Waals surface area contributed by atoms with E-state index >= 15 is 0 Å². The van der Waals surface area contributed by atoms with E-state index in [1.807, 2.05) is 18.2 Å². The molecule has 0 heterocycles. The Hall–Kier alpha value is -0.350. The molecule has 0 spiro atoms. The molecule has 1 aromatic rings. The number of alkyl halides is 1. The van der Waals surface area contributed by atoms with Gasteiger partial charge in [0.05, 0.1) is 10.5 Å². The topological polar surface area (TPSA) is 34.1 Å². The van der Waals surface area contributed by atoms with Crippen molar-refractivity contribution in [3.63, 3.8) is 0 Å². The summed E-state index contributed by atoms with van der Waals surface area (Å²) in [6, 6.07) is 10.1. The lowest BCUT2D eigenvalue weighted by Crippen LogP contribution is -2.31. The van der Waals surface area contributed by atoms with Crippen molar-refractivity contribution in [3.8, 4) is 0 Å². The number of sulfone groups is 1. The molecule has 0 aromatic heterocycles. The van der Waals surface area contributed by atoms with E-state index in [0.29, 0.717) is 6.42 Å². The van der Waals surface area contributed by atoms with E-state index in [-0.39, 0.29) is 11.7 Å². The van der Waals surface area contributed by atoms with Crippen molar-refractivity contribution in [1.82, 2.24) is 0 Å². The molecule has 18 heavy (non-hydrogen) atoms. The van der Waals surface area contributed by atoms with Crippen LogP contribution >= 0.6 is 15.9 Å². The van der Waals surface area contributed by atoms with Crippen LogP contribution in [0.1, 0.15) is 38.7 Å². The van der Waals surface area contributed by atoms with Crippen molar-refractivity contribution in [3.05, 3.63) is 35.9 Å². The molecule has 0 fully saturated rings. The monoisotopic (exact) mass is 332 g/mol. The summed E-state index contributed by atoms with van der Waals surface area (Å²) in [7, 11) is -3.03. The summed E-state index contributed by atoms with van der Waals surface area (Å²) in [4.78, 5) is 0. The lowest BCUT2D eigenvalue weighted by Gasteiger charge is -2.21. The van der Waals surface area contributed by atoms with Gasteiger partial charge in [0.1, 0.15) is 0 Å². The summed E-state index contributed by atoms with van der Waals surface area (Å²) in [5.74, 6) is 0.491. The lowest BCUT2D eigenvalue weighted by molar-refractivity contribution is 0.554. The van der Waals surface area contributed by atoms with Crippen LogP contribution in [0.15, 0.2) is 30.3 Å². The summed E-state index contributed by atoms with van der Waals surface area (Å²) in [6.45, 7) is 5.27. The Kier molecular flexibility index (Phi) is 5.41. The van der Waals surface area contributed by atoms with Gasteiger partial charge in [0, 0.05) is 5.33 Å². The van der Waals surface area contributed by atoms with Gasteiger partial charge in [0.25, 0.3) is 0 Å². The average molecular weight is 333 g/mol. The molecule has 4 heteroatoms. The summed E-state index contributed by atoms with van der Waals surface area (Å²) >= 11 is 3.48. The van der Waals surface area contributed by atoms with Crippen LogP contribution in [0.25, 0.3) is 0 Å². The van der Waals surface area contributed by atoms with Crippen molar-refractivity contribution >= 4 is 25.8 Å². The van der Waals surface area contributed by atoms with Crippen molar-refractivity contribution in [2.75, 3.05) is 11.1 Å². The fraction of sp³-hybridized carbons (Fsp3) is 0.571. The molecule has 0 N–H and O–H groups in total. The van der Waals surface area contributed by atoms with Crippen LogP contribution in [0.5, 0.6) is 0 Å². The fourth-order valence-corrected chi connectivity index (χ4v) is 3.57. The molecule has 2 nitrogen and oxygen atoms in total. The second-order valence-electron chi connectivity index (χ2n) is 5.48. The van der Waals surface area contributed by atoms with Crippen molar-refractivity contribution < 1.29 is 8.42 Å². The maximum atomic E-state index is 12.1. The Morgan fingerprint density at radius 2 is 1.72 bits per heavy atom. The fourth-order valence-electron chi connectivity index (χ4n) is 1.66. The maximum absolute atomic E-state index is 12.1. The van der Waals surface area contributed by atoms with Crippen LogP contribution in [0.4, 0.5) is 0 Å². The largest absolute Gasteiger partial charge is 0.228 e. The minimum absolute atomic E-state index is 0.238. The highest BCUT2D eigenvalue weighted by molar-refractivity contribution is 9.09. The molecule has 0 saturated heterocycles. The van der Waals surface area contributed by atoms with Gasteiger partial charge >= 0.3 is 0 Å². The van der Waals surface area contributed by atoms with Crippen LogP contribution in [-0.2, 0) is 9.84 Å². The van der Waals surface area contributed by atoms with Crippen LogP contribution in [0.2, 0.25) is 0 Å². The predicted octanol–water partition coefficient (Wildman–Crippen LogP) is 3.77. The number of halogens is 1. The molecule has 1 unspecified atom stereocenters. The van der Waals surface area contributed by atoms with Gasteiger partial charge in [-0.3, -0.25) is 0 Å². The van der Waals surface area contributed by atoms with Gasteiger partial charge in [0.15, 0.2) is 9.84 Å². The molecule has 0 aliphatic carbocycles. The van der Waals surface area contributed by atoms with Crippen LogP contribution < -0.4 is 0 Å². The summed E-state index contributed by atoms with van der Waals surface area (Å²) in [6.07, 6.45) is 0.662. The first-order valence-electron chi connectivity index (χ1n) is 6.11. The quantitative estimate of drug-likeness (QED) is 0.769. The molecule has 1 aromatic carbocycles. The summed E-state index contributed by atoms with van der Waals surface area (Å²) in [5, 5.41) is 0.788. The number of hydrogen-bond donors (Lipinski definition) is 0. The standard InChI is InChI=1S/C14H21BrO2S/c1-14(2,3)18(16,17)10-9-13(11-15)12-7-5-4-6-8-12/h4-8,13H,9-11H2,1-3H3. The van der Waals surface area contributed by atoms with Crippen molar-refractivity contribution in [1.29, 1.82) is 0 Å². The van der Waals surface area contributed by atoms with E-state index in [4.69, 9.17) is 0 Å². The third-order valence-electron chi connectivity index (χ3n) is 3.13. The molecule has 102 valence electrons. The number of rotatable bonds is 5. The summed E-state index contributed by atoms with van der Waals surface area (Å²) in [5.41, 5.74) is 1.19. The highest BCUT2D eigenvalue weighted by Crippen LogP contribution is 2.25. The zero-order valence-corrected chi connectivity index (χ0v) is 13.6. The molecular formula is C14H21BrO2S. The first-order valence-corrected chi connectivity index (χ1v) is 8.88. The van der Waals surface area contributed by atoms with Gasteiger partial charge in [-0.05, 0) is 38.7 Å². The molecule has 0 bridgehead atoms. The van der Waals surface area contributed by atoms with E-state index in [9.17, 15) is 8.42 Å². The molecule has 0 aliphatic rings. The molecule has 1 atom stereocenters. The van der Waals surface area contributed by atoms with Gasteiger partial charge in [-0.25, -0.2) is 8.42 Å². The van der Waals surface area contributed by atoms with Gasteiger partial charge < -0.3 is 0 Å². The highest BCUT2D eigenvalue weighted by atomic mass is 79.9. The molecule has 0 amide bonds. The zero-order chi connectivity index (χ0) is 13.8. The second kappa shape index (κ2) is 6.20. The van der Waals surface area contributed by atoms with E-state index < -0.39 is 14.6 Å². The van der Waals surface area contributed by atoms with E-state index in [0.717, 1.165) is 5.33 Å². The van der Waals surface area contributed by atoms with Crippen molar-refractivity contribution in [2.45, 2.75) is 37.9 Å². The van der Waals surface area contributed by atoms with Gasteiger partial charge in [-0.15, -0.1) is 0 Å². The van der Waals surface area contributed by atoms with Gasteiger partial charge in [-0.1, -0.05) is 46.3 Å². The normalized spacial score (nSPS) is 14.4. The smallest absolute Gasteiger partial charge is 0.155 e. The average Bonchev–Trinajstić information content (AvgIpc) is 2.29. The molecular weight excluding hydrogens is 312 g/mol. The molecule has 1 rings (SSSR count). The summed E-state index contributed by atoms with van der Waals surface area (Å²) < 4.78 is 23.5. The Balaban J connectivity index is 2.73. The predicted molar refractivity (Wildman–Crippen MR) is 81.1 cm³/mol. The third kappa shape index (κ3) is 4.09. The van der Waals surface area contributed by atoms with Crippen LogP contribution in [0.3, 0.4) is 0 Å². The lowest BCUT2D eigenvalue weighted by atomic mass is 9.99. The van der Waals surface area contributed by atoms with E-state index in [2.05, 4.69) is 28.1 Å². The maximum Gasteiger partial charge on any atom is 0.155 e. The van der Waals surface area contributed by atoms with E-state index in [1.165, 1.54) is 5.56 Å². The third-order valence-corrected chi connectivity index (χ3v) is 6.55. The Labute approximate surface area is 119 Å². The Bertz CT molecular complexity index is 460. The first kappa shape index (κ1) is 15.7. The minimum atomic E-state index is -3.03. The first-order chi connectivity index (χ1) is 8.28. The minimum Gasteiger partial charge on any atom is -0.228 e. The zero-order valence-electron chi connectivity index (χ0n) is 11.2. The van der Waals surface area contributed by atoms with Crippen LogP contribution in [0, 0.1) is 0 Å². The van der Waals surface area contributed by atoms with Crippen LogP contribution in [-0.4, -0.2) is 24.2 Å². The van der Waals surface area contributed by atoms with Gasteiger partial charge in [0.2, 0.25) is 0 Å². The number of benzene rings is 1. The van der Waals surface area contributed by atoms with Crippen molar-refractivity contribution in [2.24, 2.45) is 0 Å². The SMILES string of the molecule is CC(C)(C)S(=O)(=O)CCC(CBr)c1ccccc1. The Morgan fingerprint density at radius 3 is 2.17 bits per heavy atom. The van der Waals surface area contributed by atoms with E-state index in [1.54, 1.807) is 20.8 Å². The molecule has 0 radical (unpaired) electrons. The highest BCUT2D eigenvalue weighted by Gasteiger charge is 2.29. The number of hydrogen-bond acceptors (Lipinski definition) is 2.